The standard InChI is InChI=1S/C25H33N3O4/c1-16-8-11-22(24(29)26-16)28-13-17-12-18(9-10-20(17)25(28)30)32-23-7-5-3-4-6-21(23)27-14-19(15-27)31-2/h9-10,12,19,21-23H,1,3-8,11,13-15H2,2H3,(H,26,29). The number of ether oxygens (including phenoxy) is 2. The molecule has 172 valence electrons. The molecule has 1 saturated carbocycles. The molecule has 5 rings (SSSR count). The number of hydrogen-bond donors (Lipinski definition) is 1. The molecule has 0 spiro atoms. The Hall–Kier alpha value is -2.38. The summed E-state index contributed by atoms with van der Waals surface area (Å²) >= 11 is 0. The van der Waals surface area contributed by atoms with Gasteiger partial charge in [0, 0.05) is 44.0 Å². The summed E-state index contributed by atoms with van der Waals surface area (Å²) in [6.07, 6.45) is 7.69. The van der Waals surface area contributed by atoms with Crippen LogP contribution in [-0.4, -0.2) is 66.1 Å². The van der Waals surface area contributed by atoms with Crippen molar-refractivity contribution < 1.29 is 19.1 Å². The average Bonchev–Trinajstić information content (AvgIpc) is 2.90. The molecule has 3 unspecified atom stereocenters. The highest BCUT2D eigenvalue weighted by molar-refractivity contribution is 6.01. The molecule has 1 aliphatic carbocycles. The Kier molecular flexibility index (Phi) is 5.95. The molecule has 3 atom stereocenters. The first-order valence-electron chi connectivity index (χ1n) is 11.9. The number of amides is 2. The van der Waals surface area contributed by atoms with Crippen LogP contribution in [0.5, 0.6) is 5.75 Å². The van der Waals surface area contributed by atoms with E-state index in [0.29, 0.717) is 37.1 Å². The van der Waals surface area contributed by atoms with E-state index in [4.69, 9.17) is 9.47 Å². The lowest BCUT2D eigenvalue weighted by molar-refractivity contribution is -0.126. The Morgan fingerprint density at radius 2 is 1.91 bits per heavy atom. The number of likely N-dealkylation sites (tertiary alicyclic amines) is 1. The van der Waals surface area contributed by atoms with Crippen molar-refractivity contribution in [2.24, 2.45) is 0 Å². The van der Waals surface area contributed by atoms with Gasteiger partial charge in [0.1, 0.15) is 17.9 Å². The molecule has 4 aliphatic rings. The Labute approximate surface area is 189 Å². The van der Waals surface area contributed by atoms with Gasteiger partial charge in [-0.3, -0.25) is 14.5 Å². The second-order valence-electron chi connectivity index (χ2n) is 9.57. The van der Waals surface area contributed by atoms with Gasteiger partial charge >= 0.3 is 0 Å². The van der Waals surface area contributed by atoms with Gasteiger partial charge < -0.3 is 19.7 Å². The van der Waals surface area contributed by atoms with Crippen molar-refractivity contribution in [3.63, 3.8) is 0 Å². The lowest BCUT2D eigenvalue weighted by atomic mass is 9.98. The second kappa shape index (κ2) is 8.87. The fourth-order valence-corrected chi connectivity index (χ4v) is 5.58. The minimum absolute atomic E-state index is 0.0715. The number of rotatable bonds is 5. The summed E-state index contributed by atoms with van der Waals surface area (Å²) in [6.45, 7) is 6.24. The zero-order valence-electron chi connectivity index (χ0n) is 18.8. The van der Waals surface area contributed by atoms with Crippen molar-refractivity contribution in [3.05, 3.63) is 41.6 Å². The highest BCUT2D eigenvalue weighted by atomic mass is 16.5. The molecule has 3 heterocycles. The molecule has 0 aromatic heterocycles. The molecular weight excluding hydrogens is 406 g/mol. The van der Waals surface area contributed by atoms with Crippen molar-refractivity contribution >= 4 is 11.8 Å². The van der Waals surface area contributed by atoms with Gasteiger partial charge in [-0.2, -0.15) is 0 Å². The monoisotopic (exact) mass is 439 g/mol. The molecule has 3 fully saturated rings. The number of allylic oxidation sites excluding steroid dienone is 1. The van der Waals surface area contributed by atoms with E-state index >= 15 is 0 Å². The highest BCUT2D eigenvalue weighted by Crippen LogP contribution is 2.33. The van der Waals surface area contributed by atoms with E-state index in [0.717, 1.165) is 42.9 Å². The van der Waals surface area contributed by atoms with Crippen molar-refractivity contribution in [2.45, 2.75) is 75.8 Å². The van der Waals surface area contributed by atoms with Gasteiger partial charge in [-0.05, 0) is 55.9 Å². The maximum Gasteiger partial charge on any atom is 0.255 e. The third-order valence-corrected chi connectivity index (χ3v) is 7.49. The number of methoxy groups -OCH3 is 1. The van der Waals surface area contributed by atoms with Crippen LogP contribution in [0.1, 0.15) is 60.9 Å². The van der Waals surface area contributed by atoms with E-state index in [2.05, 4.69) is 16.8 Å². The van der Waals surface area contributed by atoms with Gasteiger partial charge in [0.25, 0.3) is 5.91 Å². The largest absolute Gasteiger partial charge is 0.489 e. The van der Waals surface area contributed by atoms with Gasteiger partial charge in [0.05, 0.1) is 6.10 Å². The van der Waals surface area contributed by atoms with Crippen molar-refractivity contribution in [1.82, 2.24) is 15.1 Å². The van der Waals surface area contributed by atoms with Crippen molar-refractivity contribution in [1.29, 1.82) is 0 Å². The third-order valence-electron chi connectivity index (χ3n) is 7.49. The lowest BCUT2D eigenvalue weighted by Gasteiger charge is -2.45. The predicted octanol–water partition coefficient (Wildman–Crippen LogP) is 2.85. The topological polar surface area (TPSA) is 71.1 Å². The van der Waals surface area contributed by atoms with Crippen LogP contribution in [-0.2, 0) is 16.1 Å². The zero-order valence-corrected chi connectivity index (χ0v) is 18.8. The van der Waals surface area contributed by atoms with Gasteiger partial charge in [0.2, 0.25) is 5.91 Å². The normalized spacial score (nSPS) is 29.3. The summed E-state index contributed by atoms with van der Waals surface area (Å²) in [5.41, 5.74) is 2.35. The number of piperidine rings is 1. The molecule has 7 heteroatoms. The zero-order chi connectivity index (χ0) is 22.2. The Morgan fingerprint density at radius 1 is 1.09 bits per heavy atom. The smallest absolute Gasteiger partial charge is 0.255 e. The molecule has 1 aromatic rings. The van der Waals surface area contributed by atoms with Gasteiger partial charge in [-0.1, -0.05) is 19.4 Å². The Morgan fingerprint density at radius 3 is 2.69 bits per heavy atom. The minimum Gasteiger partial charge on any atom is -0.489 e. The van der Waals surface area contributed by atoms with Crippen LogP contribution < -0.4 is 10.1 Å². The van der Waals surface area contributed by atoms with Crippen LogP contribution in [0.2, 0.25) is 0 Å². The summed E-state index contributed by atoms with van der Waals surface area (Å²) in [6, 6.07) is 5.76. The van der Waals surface area contributed by atoms with Crippen molar-refractivity contribution in [2.75, 3.05) is 20.2 Å². The fourth-order valence-electron chi connectivity index (χ4n) is 5.58. The van der Waals surface area contributed by atoms with E-state index in [9.17, 15) is 9.59 Å². The first-order valence-corrected chi connectivity index (χ1v) is 11.9. The highest BCUT2D eigenvalue weighted by Gasteiger charge is 2.40. The second-order valence-corrected chi connectivity index (χ2v) is 9.57. The Bertz CT molecular complexity index is 910. The predicted molar refractivity (Wildman–Crippen MR) is 120 cm³/mol. The molecule has 1 N–H and O–H groups in total. The quantitative estimate of drug-likeness (QED) is 0.715. The SMILES string of the molecule is C=C1CCC(N2Cc3cc(OC4CCCCCC4N4CC(OC)C4)ccc3C2=O)C(=O)N1. The van der Waals surface area contributed by atoms with E-state index in [-0.39, 0.29) is 17.9 Å². The number of hydrogen-bond acceptors (Lipinski definition) is 5. The molecule has 3 aliphatic heterocycles. The van der Waals surface area contributed by atoms with Gasteiger partial charge in [-0.25, -0.2) is 0 Å². The minimum atomic E-state index is -0.434. The first kappa shape index (κ1) is 21.5. The van der Waals surface area contributed by atoms with E-state index < -0.39 is 6.04 Å². The summed E-state index contributed by atoms with van der Waals surface area (Å²) in [5, 5.41) is 2.79. The molecule has 0 bridgehead atoms. The number of carbonyl (C=O) groups excluding carboxylic acids is 2. The summed E-state index contributed by atoms with van der Waals surface area (Å²) in [5.74, 6) is 0.613. The number of carbonyl (C=O) groups is 2. The van der Waals surface area contributed by atoms with E-state index in [1.165, 1.54) is 19.3 Å². The maximum absolute atomic E-state index is 13.0. The molecule has 32 heavy (non-hydrogen) atoms. The number of fused-ring (bicyclic) bond motifs is 1. The molecular formula is C25H33N3O4. The van der Waals surface area contributed by atoms with Gasteiger partial charge in [0.15, 0.2) is 0 Å². The third kappa shape index (κ3) is 4.04. The van der Waals surface area contributed by atoms with E-state index in [1.54, 1.807) is 12.0 Å². The lowest BCUT2D eigenvalue weighted by Crippen LogP contribution is -2.59. The average molecular weight is 440 g/mol. The first-order chi connectivity index (χ1) is 15.5. The van der Waals surface area contributed by atoms with Crippen LogP contribution >= 0.6 is 0 Å². The van der Waals surface area contributed by atoms with Crippen LogP contribution in [0.4, 0.5) is 0 Å². The van der Waals surface area contributed by atoms with Gasteiger partial charge in [-0.15, -0.1) is 0 Å². The molecule has 2 saturated heterocycles. The summed E-state index contributed by atoms with van der Waals surface area (Å²) in [4.78, 5) is 29.6. The number of nitrogens with one attached hydrogen (secondary N) is 1. The summed E-state index contributed by atoms with van der Waals surface area (Å²) in [7, 11) is 1.78. The molecule has 1 aromatic carbocycles. The van der Waals surface area contributed by atoms with Crippen LogP contribution in [0, 0.1) is 0 Å². The Balaban J connectivity index is 1.29. The van der Waals surface area contributed by atoms with Crippen LogP contribution in [0.15, 0.2) is 30.5 Å². The van der Waals surface area contributed by atoms with E-state index in [1.807, 2.05) is 18.2 Å². The molecule has 7 nitrogen and oxygen atoms in total. The fraction of sp³-hybridized carbons (Fsp3) is 0.600. The molecule has 0 radical (unpaired) electrons. The number of benzene rings is 1. The van der Waals surface area contributed by atoms with Crippen LogP contribution in [0.3, 0.4) is 0 Å². The van der Waals surface area contributed by atoms with Crippen molar-refractivity contribution in [3.8, 4) is 5.75 Å². The van der Waals surface area contributed by atoms with Crippen LogP contribution in [0.25, 0.3) is 0 Å². The maximum atomic E-state index is 13.0. The molecule has 2 amide bonds. The number of nitrogens with zero attached hydrogens (tertiary/aromatic N) is 2. The summed E-state index contributed by atoms with van der Waals surface area (Å²) < 4.78 is 12.0.